The highest BCUT2D eigenvalue weighted by atomic mass is 32.2. The summed E-state index contributed by atoms with van der Waals surface area (Å²) >= 11 is 0. The molecule has 26 heavy (non-hydrogen) atoms. The molecule has 0 aromatic heterocycles. The number of amides is 1. The van der Waals surface area contributed by atoms with Crippen LogP contribution in [-0.4, -0.2) is 26.7 Å². The topological polar surface area (TPSA) is 92.3 Å². The number of Topliss-reactive ketones (excluding diaryl/α,β-unsaturated/α-hetero) is 1. The first-order chi connectivity index (χ1) is 12.2. The average molecular weight is 374 g/mol. The summed E-state index contributed by atoms with van der Waals surface area (Å²) in [7, 11) is -3.78. The van der Waals surface area contributed by atoms with Crippen LogP contribution in [0.5, 0.6) is 0 Å². The van der Waals surface area contributed by atoms with Gasteiger partial charge in [-0.25, -0.2) is 13.1 Å². The van der Waals surface area contributed by atoms with E-state index in [0.29, 0.717) is 11.3 Å². The normalized spacial score (nSPS) is 11.2. The van der Waals surface area contributed by atoms with E-state index < -0.39 is 10.0 Å². The minimum atomic E-state index is -3.78. The zero-order valence-corrected chi connectivity index (χ0v) is 15.8. The van der Waals surface area contributed by atoms with Gasteiger partial charge in [0, 0.05) is 24.2 Å². The van der Waals surface area contributed by atoms with E-state index in [9.17, 15) is 18.0 Å². The van der Waals surface area contributed by atoms with Gasteiger partial charge < -0.3 is 5.32 Å². The Hall–Kier alpha value is -2.51. The lowest BCUT2D eigenvalue weighted by Gasteiger charge is -2.09. The lowest BCUT2D eigenvalue weighted by atomic mass is 10.1. The van der Waals surface area contributed by atoms with Crippen molar-refractivity contribution in [3.63, 3.8) is 0 Å². The molecular weight excluding hydrogens is 352 g/mol. The second-order valence-corrected chi connectivity index (χ2v) is 7.85. The summed E-state index contributed by atoms with van der Waals surface area (Å²) in [6, 6.07) is 11.4. The van der Waals surface area contributed by atoms with Crippen molar-refractivity contribution in [1.29, 1.82) is 0 Å². The molecule has 0 bridgehead atoms. The first-order valence-electron chi connectivity index (χ1n) is 8.17. The largest absolute Gasteiger partial charge is 0.326 e. The molecule has 2 aromatic rings. The fourth-order valence-corrected chi connectivity index (χ4v) is 3.38. The van der Waals surface area contributed by atoms with Crippen LogP contribution in [-0.2, 0) is 14.8 Å². The molecule has 0 saturated carbocycles. The zero-order valence-electron chi connectivity index (χ0n) is 15.0. The summed E-state index contributed by atoms with van der Waals surface area (Å²) in [6.07, 6.45) is -0.00144. The number of carbonyl (C=O) groups excluding carboxylic acids is 2. The van der Waals surface area contributed by atoms with Gasteiger partial charge in [0.1, 0.15) is 0 Å². The van der Waals surface area contributed by atoms with Crippen molar-refractivity contribution in [2.45, 2.75) is 32.1 Å². The number of carbonyl (C=O) groups is 2. The van der Waals surface area contributed by atoms with Crippen LogP contribution in [0.4, 0.5) is 5.69 Å². The van der Waals surface area contributed by atoms with E-state index in [-0.39, 0.29) is 29.6 Å². The fourth-order valence-electron chi connectivity index (χ4n) is 2.31. The summed E-state index contributed by atoms with van der Waals surface area (Å²) in [4.78, 5) is 23.4. The van der Waals surface area contributed by atoms with Gasteiger partial charge in [0.05, 0.1) is 4.90 Å². The molecular formula is C19H22N2O4S. The number of benzene rings is 2. The molecule has 7 heteroatoms. The van der Waals surface area contributed by atoms with Gasteiger partial charge in [0.25, 0.3) is 0 Å². The first-order valence-corrected chi connectivity index (χ1v) is 9.65. The van der Waals surface area contributed by atoms with Crippen LogP contribution in [0.15, 0.2) is 47.4 Å². The predicted molar refractivity (Wildman–Crippen MR) is 101 cm³/mol. The minimum Gasteiger partial charge on any atom is -0.326 e. The molecule has 0 fully saturated rings. The van der Waals surface area contributed by atoms with Crippen molar-refractivity contribution in [2.24, 2.45) is 0 Å². The molecule has 2 rings (SSSR count). The third-order valence-corrected chi connectivity index (χ3v) is 5.44. The number of sulfonamides is 1. The van der Waals surface area contributed by atoms with Crippen LogP contribution in [0, 0.1) is 13.8 Å². The van der Waals surface area contributed by atoms with Crippen LogP contribution in [0.3, 0.4) is 0 Å². The molecule has 0 heterocycles. The monoisotopic (exact) mass is 374 g/mol. The Kier molecular flexibility index (Phi) is 6.28. The highest BCUT2D eigenvalue weighted by molar-refractivity contribution is 7.89. The van der Waals surface area contributed by atoms with Gasteiger partial charge in [0.15, 0.2) is 5.78 Å². The minimum absolute atomic E-state index is 0.000215. The number of rotatable bonds is 7. The first kappa shape index (κ1) is 19.8. The molecule has 2 aromatic carbocycles. The third kappa shape index (κ3) is 5.24. The standard InChI is InChI=1S/C19H22N2O4S/c1-13-7-8-17(11-14(13)2)21-19(23)9-10-20-26(24,25)18-6-4-5-16(12-18)15(3)22/h4-8,11-12,20H,9-10H2,1-3H3,(H,21,23). The maximum absolute atomic E-state index is 12.3. The van der Waals surface area contributed by atoms with E-state index in [1.165, 1.54) is 25.1 Å². The Bertz CT molecular complexity index is 936. The van der Waals surface area contributed by atoms with E-state index in [4.69, 9.17) is 0 Å². The Morgan fingerprint density at radius 1 is 1.00 bits per heavy atom. The van der Waals surface area contributed by atoms with Crippen molar-refractivity contribution < 1.29 is 18.0 Å². The summed E-state index contributed by atoms with van der Waals surface area (Å²) < 4.78 is 26.9. The number of nitrogens with one attached hydrogen (secondary N) is 2. The molecule has 0 aliphatic rings. The van der Waals surface area contributed by atoms with Crippen molar-refractivity contribution in [2.75, 3.05) is 11.9 Å². The second kappa shape index (κ2) is 8.25. The molecule has 0 unspecified atom stereocenters. The summed E-state index contributed by atoms with van der Waals surface area (Å²) in [6.45, 7) is 5.27. The fraction of sp³-hybridized carbons (Fsp3) is 0.263. The molecule has 0 spiro atoms. The smallest absolute Gasteiger partial charge is 0.240 e. The molecule has 0 aliphatic carbocycles. The van der Waals surface area contributed by atoms with Crippen LogP contribution in [0.1, 0.15) is 34.8 Å². The Morgan fingerprint density at radius 3 is 2.38 bits per heavy atom. The van der Waals surface area contributed by atoms with Crippen molar-refractivity contribution in [3.05, 3.63) is 59.2 Å². The van der Waals surface area contributed by atoms with Gasteiger partial charge in [-0.1, -0.05) is 18.2 Å². The molecule has 2 N–H and O–H groups in total. The average Bonchev–Trinajstić information content (AvgIpc) is 2.58. The summed E-state index contributed by atoms with van der Waals surface area (Å²) in [5.74, 6) is -0.497. The molecule has 138 valence electrons. The van der Waals surface area contributed by atoms with Crippen LogP contribution < -0.4 is 10.0 Å². The molecule has 0 aliphatic heterocycles. The molecule has 6 nitrogen and oxygen atoms in total. The van der Waals surface area contributed by atoms with Gasteiger partial charge in [-0.3, -0.25) is 9.59 Å². The highest BCUT2D eigenvalue weighted by Crippen LogP contribution is 2.15. The van der Waals surface area contributed by atoms with Crippen LogP contribution in [0.25, 0.3) is 0 Å². The zero-order chi connectivity index (χ0) is 19.3. The highest BCUT2D eigenvalue weighted by Gasteiger charge is 2.15. The second-order valence-electron chi connectivity index (χ2n) is 6.08. The van der Waals surface area contributed by atoms with Gasteiger partial charge in [-0.2, -0.15) is 0 Å². The summed E-state index contributed by atoms with van der Waals surface area (Å²) in [5.41, 5.74) is 3.19. The predicted octanol–water partition coefficient (Wildman–Crippen LogP) is 2.81. The summed E-state index contributed by atoms with van der Waals surface area (Å²) in [5, 5.41) is 2.74. The van der Waals surface area contributed by atoms with E-state index in [1.54, 1.807) is 12.1 Å². The SMILES string of the molecule is CC(=O)c1cccc(S(=O)(=O)NCCC(=O)Nc2ccc(C)c(C)c2)c1. The van der Waals surface area contributed by atoms with Crippen molar-refractivity contribution in [1.82, 2.24) is 4.72 Å². The Morgan fingerprint density at radius 2 is 1.73 bits per heavy atom. The quantitative estimate of drug-likeness (QED) is 0.729. The maximum Gasteiger partial charge on any atom is 0.240 e. The molecule has 0 atom stereocenters. The number of aryl methyl sites for hydroxylation is 2. The van der Waals surface area contributed by atoms with Gasteiger partial charge in [-0.05, 0) is 56.2 Å². The van der Waals surface area contributed by atoms with Gasteiger partial charge in [-0.15, -0.1) is 0 Å². The molecule has 0 saturated heterocycles. The van der Waals surface area contributed by atoms with E-state index in [0.717, 1.165) is 11.1 Å². The number of hydrogen-bond donors (Lipinski definition) is 2. The number of hydrogen-bond acceptors (Lipinski definition) is 4. The van der Waals surface area contributed by atoms with Crippen molar-refractivity contribution in [3.8, 4) is 0 Å². The van der Waals surface area contributed by atoms with Crippen LogP contribution in [0.2, 0.25) is 0 Å². The Balaban J connectivity index is 1.93. The number of ketones is 1. The lowest BCUT2D eigenvalue weighted by molar-refractivity contribution is -0.116. The van der Waals surface area contributed by atoms with E-state index in [2.05, 4.69) is 10.0 Å². The van der Waals surface area contributed by atoms with Crippen molar-refractivity contribution >= 4 is 27.4 Å². The third-order valence-electron chi connectivity index (χ3n) is 3.99. The molecule has 1 amide bonds. The molecule has 0 radical (unpaired) electrons. The van der Waals surface area contributed by atoms with E-state index in [1.807, 2.05) is 26.0 Å². The number of anilines is 1. The van der Waals surface area contributed by atoms with Crippen LogP contribution >= 0.6 is 0 Å². The van der Waals surface area contributed by atoms with Gasteiger partial charge >= 0.3 is 0 Å². The Labute approximate surface area is 153 Å². The maximum atomic E-state index is 12.3. The lowest BCUT2D eigenvalue weighted by Crippen LogP contribution is -2.28. The van der Waals surface area contributed by atoms with Gasteiger partial charge in [0.2, 0.25) is 15.9 Å². The van der Waals surface area contributed by atoms with E-state index >= 15 is 0 Å².